The van der Waals surface area contributed by atoms with Crippen LogP contribution in [0.25, 0.3) is 0 Å². The summed E-state index contributed by atoms with van der Waals surface area (Å²) in [5.74, 6) is -0.0978. The molecule has 0 saturated heterocycles. The molecule has 0 spiro atoms. The van der Waals surface area contributed by atoms with E-state index in [4.69, 9.17) is 0 Å². The monoisotopic (exact) mass is 331 g/mol. The number of nitrogens with zero attached hydrogens (tertiary/aromatic N) is 2. The molecule has 0 aliphatic rings. The van der Waals surface area contributed by atoms with E-state index in [0.29, 0.717) is 12.2 Å². The van der Waals surface area contributed by atoms with Gasteiger partial charge in [0.05, 0.1) is 11.9 Å². The van der Waals surface area contributed by atoms with Crippen molar-refractivity contribution < 1.29 is 4.79 Å². The third-order valence-electron chi connectivity index (χ3n) is 3.92. The Kier molecular flexibility index (Phi) is 5.09. The van der Waals surface area contributed by atoms with E-state index in [1.807, 2.05) is 74.5 Å². The molecule has 0 unspecified atom stereocenters. The van der Waals surface area contributed by atoms with E-state index in [2.05, 4.69) is 10.3 Å². The molecule has 3 aromatic rings. The van der Waals surface area contributed by atoms with Gasteiger partial charge in [0, 0.05) is 17.9 Å². The number of hydrogen-bond acceptors (Lipinski definition) is 3. The predicted molar refractivity (Wildman–Crippen MR) is 102 cm³/mol. The van der Waals surface area contributed by atoms with Crippen molar-refractivity contribution >= 4 is 23.0 Å². The minimum Gasteiger partial charge on any atom is -0.354 e. The highest BCUT2D eigenvalue weighted by molar-refractivity contribution is 6.04. The van der Waals surface area contributed by atoms with Crippen molar-refractivity contribution in [3.05, 3.63) is 84.2 Å². The molecule has 0 radical (unpaired) electrons. The molecule has 25 heavy (non-hydrogen) atoms. The Labute approximate surface area is 148 Å². The fraction of sp³-hybridized carbons (Fsp3) is 0.143. The molecule has 4 nitrogen and oxygen atoms in total. The molecule has 3 rings (SSSR count). The number of pyridine rings is 1. The van der Waals surface area contributed by atoms with E-state index in [-0.39, 0.29) is 5.91 Å². The van der Waals surface area contributed by atoms with E-state index in [1.165, 1.54) is 0 Å². The number of aryl methyl sites for hydroxylation is 1. The number of amides is 1. The SMILES string of the molecule is CCN(C(=O)c1ccc(Nc2ccccc2)cn1)c1cccc(C)c1. The number of aromatic nitrogens is 1. The van der Waals surface area contributed by atoms with Gasteiger partial charge in [-0.15, -0.1) is 0 Å². The summed E-state index contributed by atoms with van der Waals surface area (Å²) in [6.45, 7) is 4.57. The van der Waals surface area contributed by atoms with Crippen LogP contribution in [0.4, 0.5) is 17.1 Å². The maximum atomic E-state index is 12.8. The number of carbonyl (C=O) groups excluding carboxylic acids is 1. The van der Waals surface area contributed by atoms with Gasteiger partial charge in [-0.1, -0.05) is 30.3 Å². The second-order valence-corrected chi connectivity index (χ2v) is 5.81. The summed E-state index contributed by atoms with van der Waals surface area (Å²) in [5.41, 5.74) is 4.28. The average Bonchev–Trinajstić information content (AvgIpc) is 2.64. The lowest BCUT2D eigenvalue weighted by atomic mass is 10.2. The summed E-state index contributed by atoms with van der Waals surface area (Å²) in [5, 5.41) is 3.26. The molecule has 1 heterocycles. The summed E-state index contributed by atoms with van der Waals surface area (Å²) in [7, 11) is 0. The molecule has 0 bridgehead atoms. The first kappa shape index (κ1) is 16.7. The zero-order valence-corrected chi connectivity index (χ0v) is 14.4. The summed E-state index contributed by atoms with van der Waals surface area (Å²) >= 11 is 0. The second-order valence-electron chi connectivity index (χ2n) is 5.81. The van der Waals surface area contributed by atoms with Crippen molar-refractivity contribution in [3.8, 4) is 0 Å². The Morgan fingerprint density at radius 3 is 2.44 bits per heavy atom. The quantitative estimate of drug-likeness (QED) is 0.730. The van der Waals surface area contributed by atoms with Crippen LogP contribution in [-0.2, 0) is 0 Å². The van der Waals surface area contributed by atoms with Gasteiger partial charge in [0.1, 0.15) is 5.69 Å². The Morgan fingerprint density at radius 2 is 1.80 bits per heavy atom. The fourth-order valence-corrected chi connectivity index (χ4v) is 2.66. The van der Waals surface area contributed by atoms with E-state index in [9.17, 15) is 4.79 Å². The first-order valence-electron chi connectivity index (χ1n) is 8.34. The Bertz CT molecular complexity index is 845. The Hall–Kier alpha value is -3.14. The molecule has 1 aromatic heterocycles. The lowest BCUT2D eigenvalue weighted by molar-refractivity contribution is 0.0983. The van der Waals surface area contributed by atoms with Crippen molar-refractivity contribution in [2.45, 2.75) is 13.8 Å². The first-order valence-corrected chi connectivity index (χ1v) is 8.34. The minimum atomic E-state index is -0.0978. The van der Waals surface area contributed by atoms with Gasteiger partial charge in [-0.2, -0.15) is 0 Å². The predicted octanol–water partition coefficient (Wildman–Crippen LogP) is 4.80. The van der Waals surface area contributed by atoms with Crippen LogP contribution in [0, 0.1) is 6.92 Å². The third-order valence-corrected chi connectivity index (χ3v) is 3.92. The van der Waals surface area contributed by atoms with Crippen LogP contribution >= 0.6 is 0 Å². The number of hydrogen-bond donors (Lipinski definition) is 1. The van der Waals surface area contributed by atoms with Crippen LogP contribution in [0.2, 0.25) is 0 Å². The van der Waals surface area contributed by atoms with Crippen molar-refractivity contribution in [2.75, 3.05) is 16.8 Å². The number of anilines is 3. The molecule has 0 atom stereocenters. The van der Waals surface area contributed by atoms with Gasteiger partial charge in [0.15, 0.2) is 0 Å². The zero-order valence-electron chi connectivity index (χ0n) is 14.4. The van der Waals surface area contributed by atoms with Crippen molar-refractivity contribution in [3.63, 3.8) is 0 Å². The number of nitrogens with one attached hydrogen (secondary N) is 1. The van der Waals surface area contributed by atoms with Crippen molar-refractivity contribution in [2.24, 2.45) is 0 Å². The van der Waals surface area contributed by atoms with Gasteiger partial charge in [-0.25, -0.2) is 4.98 Å². The highest BCUT2D eigenvalue weighted by Crippen LogP contribution is 2.19. The molecule has 0 fully saturated rings. The smallest absolute Gasteiger partial charge is 0.276 e. The van der Waals surface area contributed by atoms with Gasteiger partial charge in [-0.05, 0) is 55.8 Å². The molecule has 1 amide bonds. The molecule has 1 N–H and O–H groups in total. The van der Waals surface area contributed by atoms with Gasteiger partial charge < -0.3 is 10.2 Å². The summed E-state index contributed by atoms with van der Waals surface area (Å²) in [6, 6.07) is 21.4. The molecular weight excluding hydrogens is 310 g/mol. The Morgan fingerprint density at radius 1 is 1.00 bits per heavy atom. The maximum Gasteiger partial charge on any atom is 0.276 e. The number of benzene rings is 2. The van der Waals surface area contributed by atoms with Crippen molar-refractivity contribution in [1.82, 2.24) is 4.98 Å². The fourth-order valence-electron chi connectivity index (χ4n) is 2.66. The first-order chi connectivity index (χ1) is 12.2. The second kappa shape index (κ2) is 7.62. The molecule has 0 aliphatic heterocycles. The number of para-hydroxylation sites is 1. The third kappa shape index (κ3) is 4.04. The van der Waals surface area contributed by atoms with Crippen LogP contribution in [-0.4, -0.2) is 17.4 Å². The summed E-state index contributed by atoms with van der Waals surface area (Å²) in [6.07, 6.45) is 1.68. The summed E-state index contributed by atoms with van der Waals surface area (Å²) in [4.78, 5) is 18.9. The average molecular weight is 331 g/mol. The van der Waals surface area contributed by atoms with E-state index in [0.717, 1.165) is 22.6 Å². The molecule has 4 heteroatoms. The standard InChI is InChI=1S/C21H21N3O/c1-3-24(19-11-7-8-16(2)14-19)21(25)20-13-12-18(15-22-20)23-17-9-5-4-6-10-17/h4-15,23H,3H2,1-2H3. The van der Waals surface area contributed by atoms with Crippen LogP contribution in [0.3, 0.4) is 0 Å². The zero-order chi connectivity index (χ0) is 17.6. The van der Waals surface area contributed by atoms with Crippen LogP contribution in [0.1, 0.15) is 23.0 Å². The van der Waals surface area contributed by atoms with Crippen LogP contribution < -0.4 is 10.2 Å². The largest absolute Gasteiger partial charge is 0.354 e. The number of carbonyl (C=O) groups is 1. The van der Waals surface area contributed by atoms with Gasteiger partial charge in [0.2, 0.25) is 0 Å². The molecule has 0 saturated carbocycles. The lowest BCUT2D eigenvalue weighted by Gasteiger charge is -2.21. The lowest BCUT2D eigenvalue weighted by Crippen LogP contribution is -2.31. The maximum absolute atomic E-state index is 12.8. The van der Waals surface area contributed by atoms with Crippen molar-refractivity contribution in [1.29, 1.82) is 0 Å². The number of rotatable bonds is 5. The minimum absolute atomic E-state index is 0.0978. The highest BCUT2D eigenvalue weighted by atomic mass is 16.2. The summed E-state index contributed by atoms with van der Waals surface area (Å²) < 4.78 is 0. The topological polar surface area (TPSA) is 45.2 Å². The van der Waals surface area contributed by atoms with Gasteiger partial charge >= 0.3 is 0 Å². The molecule has 2 aromatic carbocycles. The molecular formula is C21H21N3O. The van der Waals surface area contributed by atoms with Gasteiger partial charge in [0.25, 0.3) is 5.91 Å². The molecule has 126 valence electrons. The van der Waals surface area contributed by atoms with E-state index >= 15 is 0 Å². The van der Waals surface area contributed by atoms with E-state index in [1.54, 1.807) is 17.2 Å². The Balaban J connectivity index is 1.77. The van der Waals surface area contributed by atoms with E-state index < -0.39 is 0 Å². The van der Waals surface area contributed by atoms with Crippen LogP contribution in [0.15, 0.2) is 72.9 Å². The van der Waals surface area contributed by atoms with Crippen LogP contribution in [0.5, 0.6) is 0 Å². The highest BCUT2D eigenvalue weighted by Gasteiger charge is 2.17. The van der Waals surface area contributed by atoms with Gasteiger partial charge in [-0.3, -0.25) is 4.79 Å². The normalized spacial score (nSPS) is 10.3. The molecule has 0 aliphatic carbocycles.